The summed E-state index contributed by atoms with van der Waals surface area (Å²) in [5.41, 5.74) is 0.848. The molecule has 0 aromatic heterocycles. The molecule has 0 unspecified atom stereocenters. The van der Waals surface area contributed by atoms with Crippen molar-refractivity contribution in [1.82, 2.24) is 10.6 Å². The lowest BCUT2D eigenvalue weighted by Crippen LogP contribution is -2.35. The van der Waals surface area contributed by atoms with Crippen LogP contribution in [0.1, 0.15) is 20.8 Å². The summed E-state index contributed by atoms with van der Waals surface area (Å²) >= 11 is 10.9. The van der Waals surface area contributed by atoms with Crippen LogP contribution in [0.5, 0.6) is 0 Å². The molecule has 1 rings (SSSR count). The summed E-state index contributed by atoms with van der Waals surface area (Å²) in [4.78, 5) is 0. The maximum absolute atomic E-state index is 5.89. The van der Waals surface area contributed by atoms with Crippen molar-refractivity contribution in [3.63, 3.8) is 0 Å². The van der Waals surface area contributed by atoms with Gasteiger partial charge in [0.1, 0.15) is 0 Å². The minimum Gasteiger partial charge on any atom is -0.352 e. The Labute approximate surface area is 89.0 Å². The van der Waals surface area contributed by atoms with Gasteiger partial charge in [-0.15, -0.1) is 0 Å². The molecule has 0 aromatic carbocycles. The summed E-state index contributed by atoms with van der Waals surface area (Å²) in [6, 6.07) is 0. The second-order valence-electron chi connectivity index (χ2n) is 3.44. The second-order valence-corrected chi connectivity index (χ2v) is 4.28. The number of thiocarbonyl (C=S) groups is 1. The summed E-state index contributed by atoms with van der Waals surface area (Å²) in [5.74, 6) is 0. The first-order valence-electron chi connectivity index (χ1n) is 4.09. The fourth-order valence-electron chi connectivity index (χ4n) is 1.10. The predicted molar refractivity (Wildman–Crippen MR) is 60.6 cm³/mol. The first-order valence-corrected chi connectivity index (χ1v) is 4.87. The number of halogens is 1. The maximum Gasteiger partial charge on any atom is 0.171 e. The third-order valence-electron chi connectivity index (χ3n) is 1.91. The lowest BCUT2D eigenvalue weighted by molar-refractivity contribution is 0.569. The standard InChI is InChI=1S/C9H13ClN2S/c1-4-6(10)5-7-9(2,3)12-8(13)11-7/h4-5H,1-3H3,(H2,11,12,13)/b6-4+,7-5+. The SMILES string of the molecule is C/C=C(Cl)\C=C1\NC(=S)NC1(C)C. The van der Waals surface area contributed by atoms with Gasteiger partial charge in [-0.05, 0) is 39.1 Å². The zero-order valence-corrected chi connectivity index (χ0v) is 9.51. The van der Waals surface area contributed by atoms with Crippen molar-refractivity contribution in [2.45, 2.75) is 26.3 Å². The van der Waals surface area contributed by atoms with Crippen LogP contribution in [0.25, 0.3) is 0 Å². The predicted octanol–water partition coefficient (Wildman–Crippen LogP) is 2.27. The third-order valence-corrected chi connectivity index (χ3v) is 2.44. The van der Waals surface area contributed by atoms with Gasteiger partial charge in [0.25, 0.3) is 0 Å². The molecular weight excluding hydrogens is 204 g/mol. The quantitative estimate of drug-likeness (QED) is 0.658. The van der Waals surface area contributed by atoms with Gasteiger partial charge in [-0.25, -0.2) is 0 Å². The summed E-state index contributed by atoms with van der Waals surface area (Å²) in [7, 11) is 0. The van der Waals surface area contributed by atoms with Crippen molar-refractivity contribution < 1.29 is 0 Å². The van der Waals surface area contributed by atoms with Crippen LogP contribution < -0.4 is 10.6 Å². The van der Waals surface area contributed by atoms with Gasteiger partial charge in [-0.3, -0.25) is 0 Å². The molecule has 1 aliphatic rings. The highest BCUT2D eigenvalue weighted by Gasteiger charge is 2.30. The zero-order valence-electron chi connectivity index (χ0n) is 7.94. The van der Waals surface area contributed by atoms with E-state index < -0.39 is 0 Å². The Hall–Kier alpha value is -0.540. The molecule has 1 heterocycles. The van der Waals surface area contributed by atoms with E-state index in [4.69, 9.17) is 23.8 Å². The summed E-state index contributed by atoms with van der Waals surface area (Å²) in [6.45, 7) is 5.99. The Morgan fingerprint density at radius 1 is 1.54 bits per heavy atom. The van der Waals surface area contributed by atoms with Crippen LogP contribution in [0.3, 0.4) is 0 Å². The molecule has 4 heteroatoms. The normalized spacial score (nSPS) is 24.5. The molecule has 0 bridgehead atoms. The van der Waals surface area contributed by atoms with Crippen LogP contribution in [-0.2, 0) is 0 Å². The molecule has 0 radical (unpaired) electrons. The average molecular weight is 217 g/mol. The summed E-state index contributed by atoms with van der Waals surface area (Å²) in [6.07, 6.45) is 3.72. The monoisotopic (exact) mass is 216 g/mol. The topological polar surface area (TPSA) is 24.1 Å². The van der Waals surface area contributed by atoms with E-state index in [1.165, 1.54) is 0 Å². The van der Waals surface area contributed by atoms with Crippen molar-refractivity contribution >= 4 is 28.9 Å². The summed E-state index contributed by atoms with van der Waals surface area (Å²) < 4.78 is 0. The van der Waals surface area contributed by atoms with Gasteiger partial charge >= 0.3 is 0 Å². The number of rotatable bonds is 1. The fraction of sp³-hybridized carbons (Fsp3) is 0.444. The molecule has 0 aromatic rings. The van der Waals surface area contributed by atoms with Crippen LogP contribution in [0.15, 0.2) is 22.9 Å². The van der Waals surface area contributed by atoms with Crippen LogP contribution in [0.4, 0.5) is 0 Å². The minimum atomic E-state index is -0.153. The van der Waals surface area contributed by atoms with E-state index >= 15 is 0 Å². The zero-order chi connectivity index (χ0) is 10.1. The van der Waals surface area contributed by atoms with E-state index in [-0.39, 0.29) is 5.54 Å². The van der Waals surface area contributed by atoms with Crippen molar-refractivity contribution in [3.05, 3.63) is 22.9 Å². The van der Waals surface area contributed by atoms with Crippen molar-refractivity contribution in [2.75, 3.05) is 0 Å². The molecule has 1 aliphatic heterocycles. The second kappa shape index (κ2) is 3.68. The number of hydrogen-bond donors (Lipinski definition) is 2. The molecule has 0 amide bonds. The van der Waals surface area contributed by atoms with E-state index in [0.29, 0.717) is 10.1 Å². The lowest BCUT2D eigenvalue weighted by atomic mass is 10.0. The fourth-order valence-corrected chi connectivity index (χ4v) is 1.57. The highest BCUT2D eigenvalue weighted by molar-refractivity contribution is 7.80. The lowest BCUT2D eigenvalue weighted by Gasteiger charge is -2.18. The Bertz CT molecular complexity index is 292. The molecule has 13 heavy (non-hydrogen) atoms. The Morgan fingerprint density at radius 3 is 2.54 bits per heavy atom. The molecule has 1 fully saturated rings. The van der Waals surface area contributed by atoms with E-state index in [2.05, 4.69) is 10.6 Å². The van der Waals surface area contributed by atoms with Gasteiger partial charge in [0.15, 0.2) is 5.11 Å². The van der Waals surface area contributed by atoms with Crippen LogP contribution in [-0.4, -0.2) is 10.7 Å². The maximum atomic E-state index is 5.89. The van der Waals surface area contributed by atoms with Crippen molar-refractivity contribution in [1.29, 1.82) is 0 Å². The van der Waals surface area contributed by atoms with Crippen molar-refractivity contribution in [2.24, 2.45) is 0 Å². The van der Waals surface area contributed by atoms with E-state index in [9.17, 15) is 0 Å². The third kappa shape index (κ3) is 2.45. The van der Waals surface area contributed by atoms with Crippen LogP contribution >= 0.6 is 23.8 Å². The van der Waals surface area contributed by atoms with Gasteiger partial charge in [0.05, 0.1) is 5.54 Å². The molecular formula is C9H13ClN2S. The minimum absolute atomic E-state index is 0.153. The molecule has 2 N–H and O–H groups in total. The van der Waals surface area contributed by atoms with Gasteiger partial charge in [0, 0.05) is 10.7 Å². The van der Waals surface area contributed by atoms with Crippen LogP contribution in [0.2, 0.25) is 0 Å². The van der Waals surface area contributed by atoms with Gasteiger partial charge in [0.2, 0.25) is 0 Å². The van der Waals surface area contributed by atoms with E-state index in [1.54, 1.807) is 0 Å². The Morgan fingerprint density at radius 2 is 2.15 bits per heavy atom. The van der Waals surface area contributed by atoms with Crippen LogP contribution in [0, 0.1) is 0 Å². The summed E-state index contributed by atoms with van der Waals surface area (Å²) in [5, 5.41) is 7.56. The molecule has 72 valence electrons. The Kier molecular flexibility index (Phi) is 2.98. The van der Waals surface area contributed by atoms with E-state index in [1.807, 2.05) is 32.9 Å². The smallest absolute Gasteiger partial charge is 0.171 e. The van der Waals surface area contributed by atoms with Crippen molar-refractivity contribution in [3.8, 4) is 0 Å². The largest absolute Gasteiger partial charge is 0.352 e. The van der Waals surface area contributed by atoms with Gasteiger partial charge in [-0.2, -0.15) is 0 Å². The first kappa shape index (κ1) is 10.5. The van der Waals surface area contributed by atoms with Gasteiger partial charge in [-0.1, -0.05) is 17.7 Å². The molecule has 2 nitrogen and oxygen atoms in total. The van der Waals surface area contributed by atoms with E-state index in [0.717, 1.165) is 5.70 Å². The molecule has 0 atom stereocenters. The number of allylic oxidation sites excluding steroid dienone is 3. The Balaban J connectivity index is 2.93. The highest BCUT2D eigenvalue weighted by Crippen LogP contribution is 2.21. The molecule has 0 saturated carbocycles. The highest BCUT2D eigenvalue weighted by atomic mass is 35.5. The number of hydrogen-bond acceptors (Lipinski definition) is 1. The van der Waals surface area contributed by atoms with Gasteiger partial charge < -0.3 is 10.6 Å². The first-order chi connectivity index (χ1) is 5.95. The molecule has 0 aliphatic carbocycles. The molecule has 1 saturated heterocycles. The molecule has 0 spiro atoms. The number of nitrogens with one attached hydrogen (secondary N) is 2. The average Bonchev–Trinajstić information content (AvgIpc) is 2.24.